The number of thiophene rings is 1. The molecule has 2 aromatic heterocycles. The van der Waals surface area contributed by atoms with Gasteiger partial charge in [0, 0.05) is 34.6 Å². The van der Waals surface area contributed by atoms with Crippen LogP contribution in [0.25, 0.3) is 11.3 Å². The summed E-state index contributed by atoms with van der Waals surface area (Å²) in [6.07, 6.45) is 1.91. The standard InChI is InChI=1S/C24H22ClFN4OS/c25-18-7-3-17(4-8-18)22-12-23(24(31)15-29(22)13-20-2-1-11-32-20)30-14-21(27-28-30)16-5-9-19(26)10-6-16/h1-11,14,22-24,31H,12-13,15H2/t22-,23+,24-/m1/s1. The molecule has 5 nitrogen and oxygen atoms in total. The molecule has 8 heteroatoms. The number of aliphatic hydroxyl groups excluding tert-OH is 1. The molecular formula is C24H22ClFN4OS. The molecule has 0 amide bonds. The number of benzene rings is 2. The molecule has 0 bridgehead atoms. The molecule has 0 unspecified atom stereocenters. The summed E-state index contributed by atoms with van der Waals surface area (Å²) in [5, 5.41) is 22.4. The molecule has 5 rings (SSSR count). The van der Waals surface area contributed by atoms with E-state index in [1.807, 2.05) is 24.4 Å². The number of hydrogen-bond donors (Lipinski definition) is 1. The van der Waals surface area contributed by atoms with Crippen molar-refractivity contribution in [2.45, 2.75) is 31.2 Å². The molecule has 0 radical (unpaired) electrons. The molecule has 1 N–H and O–H groups in total. The van der Waals surface area contributed by atoms with E-state index < -0.39 is 6.10 Å². The van der Waals surface area contributed by atoms with Gasteiger partial charge in [0.1, 0.15) is 11.5 Å². The lowest BCUT2D eigenvalue weighted by Gasteiger charge is -2.42. The predicted molar refractivity (Wildman–Crippen MR) is 124 cm³/mol. The number of piperidine rings is 1. The Morgan fingerprint density at radius 2 is 1.88 bits per heavy atom. The van der Waals surface area contributed by atoms with Crippen LogP contribution in [-0.2, 0) is 6.54 Å². The van der Waals surface area contributed by atoms with Crippen LogP contribution in [0.1, 0.15) is 28.9 Å². The second kappa shape index (κ2) is 9.11. The van der Waals surface area contributed by atoms with Crippen LogP contribution in [0.4, 0.5) is 4.39 Å². The first kappa shape index (κ1) is 21.3. The molecule has 0 saturated carbocycles. The second-order valence-corrected chi connectivity index (χ2v) is 9.51. The van der Waals surface area contributed by atoms with E-state index in [0.717, 1.165) is 17.7 Å². The first-order chi connectivity index (χ1) is 15.6. The minimum Gasteiger partial charge on any atom is -0.390 e. The summed E-state index contributed by atoms with van der Waals surface area (Å²) in [6, 6.07) is 18.1. The highest BCUT2D eigenvalue weighted by Crippen LogP contribution is 2.38. The van der Waals surface area contributed by atoms with Gasteiger partial charge in [0.25, 0.3) is 0 Å². The number of rotatable bonds is 5. The molecule has 2 aromatic carbocycles. The maximum Gasteiger partial charge on any atom is 0.123 e. The Kier molecular flexibility index (Phi) is 6.06. The molecule has 32 heavy (non-hydrogen) atoms. The first-order valence-electron chi connectivity index (χ1n) is 10.4. The van der Waals surface area contributed by atoms with Gasteiger partial charge in [0.15, 0.2) is 0 Å². The quantitative estimate of drug-likeness (QED) is 0.429. The third-order valence-corrected chi connectivity index (χ3v) is 7.07. The van der Waals surface area contributed by atoms with Crippen molar-refractivity contribution < 1.29 is 9.50 Å². The van der Waals surface area contributed by atoms with Crippen LogP contribution in [-0.4, -0.2) is 37.6 Å². The number of nitrogens with zero attached hydrogens (tertiary/aromatic N) is 4. The smallest absolute Gasteiger partial charge is 0.123 e. The van der Waals surface area contributed by atoms with Crippen LogP contribution in [0.2, 0.25) is 5.02 Å². The van der Waals surface area contributed by atoms with Gasteiger partial charge in [-0.15, -0.1) is 16.4 Å². The Morgan fingerprint density at radius 3 is 2.59 bits per heavy atom. The lowest BCUT2D eigenvalue weighted by molar-refractivity contribution is -0.0131. The first-order valence-corrected chi connectivity index (χ1v) is 11.7. The molecule has 0 aliphatic carbocycles. The van der Waals surface area contributed by atoms with E-state index in [0.29, 0.717) is 23.7 Å². The Balaban J connectivity index is 1.43. The summed E-state index contributed by atoms with van der Waals surface area (Å²) in [5.74, 6) is -0.291. The maximum atomic E-state index is 13.3. The van der Waals surface area contributed by atoms with Gasteiger partial charge in [0.05, 0.1) is 18.3 Å². The van der Waals surface area contributed by atoms with Crippen molar-refractivity contribution >= 4 is 22.9 Å². The second-order valence-electron chi connectivity index (χ2n) is 8.04. The van der Waals surface area contributed by atoms with E-state index in [1.54, 1.807) is 28.2 Å². The van der Waals surface area contributed by atoms with Gasteiger partial charge in [-0.3, -0.25) is 4.90 Å². The van der Waals surface area contributed by atoms with Crippen LogP contribution < -0.4 is 0 Å². The fraction of sp³-hybridized carbons (Fsp3) is 0.250. The SMILES string of the molecule is O[C@@H]1CN(Cc2cccs2)[C@@H](c2ccc(Cl)cc2)C[C@@H]1n1cc(-c2ccc(F)cc2)nn1. The molecular weight excluding hydrogens is 447 g/mol. The molecule has 1 aliphatic heterocycles. The Hall–Kier alpha value is -2.58. The molecule has 1 fully saturated rings. The number of aliphatic hydroxyl groups is 1. The lowest BCUT2D eigenvalue weighted by Crippen LogP contribution is -2.46. The summed E-state index contributed by atoms with van der Waals surface area (Å²) < 4.78 is 15.0. The molecule has 1 aliphatic rings. The zero-order valence-electron chi connectivity index (χ0n) is 17.2. The van der Waals surface area contributed by atoms with Gasteiger partial charge in [-0.1, -0.05) is 35.0 Å². The molecule has 1 saturated heterocycles. The lowest BCUT2D eigenvalue weighted by atomic mass is 9.90. The average molecular weight is 469 g/mol. The minimum absolute atomic E-state index is 0.0984. The highest BCUT2D eigenvalue weighted by atomic mass is 35.5. The van der Waals surface area contributed by atoms with E-state index in [1.165, 1.54) is 17.0 Å². The van der Waals surface area contributed by atoms with Gasteiger partial charge >= 0.3 is 0 Å². The zero-order chi connectivity index (χ0) is 22.1. The summed E-state index contributed by atoms with van der Waals surface area (Å²) >= 11 is 7.84. The number of likely N-dealkylation sites (tertiary alicyclic amines) is 1. The Morgan fingerprint density at radius 1 is 1.09 bits per heavy atom. The van der Waals surface area contributed by atoms with Crippen LogP contribution in [0.15, 0.2) is 72.2 Å². The highest BCUT2D eigenvalue weighted by Gasteiger charge is 2.37. The van der Waals surface area contributed by atoms with Gasteiger partial charge in [0.2, 0.25) is 0 Å². The minimum atomic E-state index is -0.596. The van der Waals surface area contributed by atoms with Gasteiger partial charge in [-0.2, -0.15) is 0 Å². The van der Waals surface area contributed by atoms with Crippen molar-refractivity contribution in [3.8, 4) is 11.3 Å². The van der Waals surface area contributed by atoms with Crippen LogP contribution in [0, 0.1) is 5.82 Å². The van der Waals surface area contributed by atoms with Gasteiger partial charge in [-0.05, 0) is 59.8 Å². The fourth-order valence-electron chi connectivity index (χ4n) is 4.31. The summed E-state index contributed by atoms with van der Waals surface area (Å²) in [6.45, 7) is 1.29. The molecule has 4 aromatic rings. The van der Waals surface area contributed by atoms with Crippen molar-refractivity contribution in [1.29, 1.82) is 0 Å². The van der Waals surface area contributed by atoms with E-state index in [2.05, 4.69) is 38.8 Å². The molecule has 0 spiro atoms. The normalized spacial score (nSPS) is 21.7. The maximum absolute atomic E-state index is 13.3. The Bertz CT molecular complexity index is 1160. The Labute approximate surface area is 194 Å². The van der Waals surface area contributed by atoms with E-state index >= 15 is 0 Å². The van der Waals surface area contributed by atoms with Crippen molar-refractivity contribution in [1.82, 2.24) is 19.9 Å². The number of aromatic nitrogens is 3. The van der Waals surface area contributed by atoms with Crippen LogP contribution >= 0.6 is 22.9 Å². The molecule has 3 heterocycles. The molecule has 3 atom stereocenters. The largest absolute Gasteiger partial charge is 0.390 e. The van der Waals surface area contributed by atoms with E-state index in [9.17, 15) is 9.50 Å². The van der Waals surface area contributed by atoms with Crippen molar-refractivity contribution in [2.75, 3.05) is 6.54 Å². The fourth-order valence-corrected chi connectivity index (χ4v) is 5.16. The molecule has 164 valence electrons. The van der Waals surface area contributed by atoms with Crippen LogP contribution in [0.5, 0.6) is 0 Å². The number of β-amino-alcohol motifs (C(OH)–C–C–N with tert-alkyl or cyclic N) is 1. The average Bonchev–Trinajstić information content (AvgIpc) is 3.48. The van der Waals surface area contributed by atoms with Crippen molar-refractivity contribution in [3.05, 3.63) is 93.5 Å². The monoisotopic (exact) mass is 468 g/mol. The predicted octanol–water partition coefficient (Wildman–Crippen LogP) is 5.35. The summed E-state index contributed by atoms with van der Waals surface area (Å²) in [4.78, 5) is 3.57. The van der Waals surface area contributed by atoms with Crippen LogP contribution in [0.3, 0.4) is 0 Å². The van der Waals surface area contributed by atoms with E-state index in [-0.39, 0.29) is 17.9 Å². The third kappa shape index (κ3) is 4.47. The summed E-state index contributed by atoms with van der Waals surface area (Å²) in [5.41, 5.74) is 2.60. The topological polar surface area (TPSA) is 54.2 Å². The summed E-state index contributed by atoms with van der Waals surface area (Å²) in [7, 11) is 0. The number of hydrogen-bond acceptors (Lipinski definition) is 5. The third-order valence-electron chi connectivity index (χ3n) is 5.96. The van der Waals surface area contributed by atoms with Crippen molar-refractivity contribution in [2.24, 2.45) is 0 Å². The van der Waals surface area contributed by atoms with Crippen molar-refractivity contribution in [3.63, 3.8) is 0 Å². The van der Waals surface area contributed by atoms with Gasteiger partial charge in [-0.25, -0.2) is 9.07 Å². The highest BCUT2D eigenvalue weighted by molar-refractivity contribution is 7.09. The van der Waals surface area contributed by atoms with Gasteiger partial charge < -0.3 is 5.11 Å². The van der Waals surface area contributed by atoms with E-state index in [4.69, 9.17) is 11.6 Å². The number of halogens is 2. The zero-order valence-corrected chi connectivity index (χ0v) is 18.8.